The highest BCUT2D eigenvalue weighted by atomic mass is 16.7. The van der Waals surface area contributed by atoms with Crippen LogP contribution in [0.5, 0.6) is 0 Å². The van der Waals surface area contributed by atoms with Gasteiger partial charge in [-0.15, -0.1) is 0 Å². The van der Waals surface area contributed by atoms with Crippen molar-refractivity contribution in [3.05, 3.63) is 35.4 Å². The van der Waals surface area contributed by atoms with Crippen LogP contribution in [0.3, 0.4) is 0 Å². The number of rotatable bonds is 4. The minimum Gasteiger partial charge on any atom is -0.459 e. The highest BCUT2D eigenvalue weighted by Crippen LogP contribution is 2.21. The molecule has 1 saturated heterocycles. The van der Waals surface area contributed by atoms with E-state index in [2.05, 4.69) is 0 Å². The minimum atomic E-state index is -0.673. The number of aliphatic hydroxyl groups is 1. The lowest BCUT2D eigenvalue weighted by Gasteiger charge is -2.13. The Morgan fingerprint density at radius 3 is 2.68 bits per heavy atom. The van der Waals surface area contributed by atoms with Crippen LogP contribution in [0, 0.1) is 6.92 Å². The van der Waals surface area contributed by atoms with Crippen molar-refractivity contribution in [2.45, 2.75) is 31.8 Å². The predicted octanol–water partition coefficient (Wildman–Crippen LogP) is 1.27. The van der Waals surface area contributed by atoms with Crippen molar-refractivity contribution >= 4 is 5.97 Å². The van der Waals surface area contributed by atoms with Crippen LogP contribution in [0.25, 0.3) is 0 Å². The molecule has 19 heavy (non-hydrogen) atoms. The molecular weight excluding hydrogens is 248 g/mol. The number of carbonyl (C=O) groups excluding carboxylic acids is 1. The molecule has 0 radical (unpaired) electrons. The Morgan fingerprint density at radius 2 is 2.11 bits per heavy atom. The zero-order valence-electron chi connectivity index (χ0n) is 11.0. The Hall–Kier alpha value is -1.43. The summed E-state index contributed by atoms with van der Waals surface area (Å²) in [5.41, 5.74) is 1.59. The van der Waals surface area contributed by atoms with Gasteiger partial charge in [-0.25, -0.2) is 4.79 Å². The summed E-state index contributed by atoms with van der Waals surface area (Å²) >= 11 is 0. The third-order valence-corrected chi connectivity index (χ3v) is 3.07. The van der Waals surface area contributed by atoms with Crippen LogP contribution in [0.1, 0.15) is 22.3 Å². The van der Waals surface area contributed by atoms with E-state index in [-0.39, 0.29) is 18.7 Å². The number of esters is 1. The largest absolute Gasteiger partial charge is 0.459 e. The van der Waals surface area contributed by atoms with Gasteiger partial charge >= 0.3 is 5.97 Å². The van der Waals surface area contributed by atoms with E-state index in [9.17, 15) is 9.90 Å². The first-order chi connectivity index (χ1) is 9.10. The van der Waals surface area contributed by atoms with Crippen LogP contribution in [-0.2, 0) is 14.2 Å². The van der Waals surface area contributed by atoms with Crippen molar-refractivity contribution in [2.24, 2.45) is 0 Å². The number of hydrogen-bond acceptors (Lipinski definition) is 5. The molecule has 1 N–H and O–H groups in total. The van der Waals surface area contributed by atoms with Crippen LogP contribution in [-0.4, -0.2) is 43.3 Å². The number of ether oxygens (including phenoxy) is 3. The SMILES string of the molecule is CO[C@@H]1O[C@@H](COC(=O)c2ccc(C)cc2)C[C@@H]1O. The topological polar surface area (TPSA) is 65.0 Å². The Balaban J connectivity index is 1.83. The number of benzene rings is 1. The third-order valence-electron chi connectivity index (χ3n) is 3.07. The number of hydrogen-bond donors (Lipinski definition) is 1. The summed E-state index contributed by atoms with van der Waals surface area (Å²) in [4.78, 5) is 11.8. The summed E-state index contributed by atoms with van der Waals surface area (Å²) in [6.07, 6.45) is -1.23. The van der Waals surface area contributed by atoms with Crippen molar-refractivity contribution < 1.29 is 24.1 Å². The Kier molecular flexibility index (Phi) is 4.52. The number of carbonyl (C=O) groups is 1. The van der Waals surface area contributed by atoms with Gasteiger partial charge in [0.05, 0.1) is 11.7 Å². The monoisotopic (exact) mass is 266 g/mol. The predicted molar refractivity (Wildman–Crippen MR) is 67.8 cm³/mol. The molecule has 1 fully saturated rings. The maximum absolute atomic E-state index is 11.8. The summed E-state index contributed by atoms with van der Waals surface area (Å²) < 4.78 is 15.5. The molecule has 0 bridgehead atoms. The summed E-state index contributed by atoms with van der Waals surface area (Å²) in [5.74, 6) is -0.390. The van der Waals surface area contributed by atoms with Gasteiger partial charge in [-0.1, -0.05) is 17.7 Å². The molecule has 5 nitrogen and oxygen atoms in total. The van der Waals surface area contributed by atoms with Crippen LogP contribution < -0.4 is 0 Å². The van der Waals surface area contributed by atoms with Crippen molar-refractivity contribution in [1.82, 2.24) is 0 Å². The average Bonchev–Trinajstić information content (AvgIpc) is 2.77. The number of methoxy groups -OCH3 is 1. The molecule has 1 aliphatic heterocycles. The van der Waals surface area contributed by atoms with E-state index in [0.29, 0.717) is 12.0 Å². The fourth-order valence-corrected chi connectivity index (χ4v) is 1.98. The lowest BCUT2D eigenvalue weighted by molar-refractivity contribution is -0.153. The number of aliphatic hydroxyl groups excluding tert-OH is 1. The first kappa shape index (κ1) is 14.0. The van der Waals surface area contributed by atoms with Gasteiger partial charge in [-0.3, -0.25) is 0 Å². The van der Waals surface area contributed by atoms with Gasteiger partial charge in [0, 0.05) is 13.5 Å². The summed E-state index contributed by atoms with van der Waals surface area (Å²) in [6, 6.07) is 7.15. The van der Waals surface area contributed by atoms with Crippen molar-refractivity contribution in [3.8, 4) is 0 Å². The van der Waals surface area contributed by atoms with Crippen LogP contribution in [0.4, 0.5) is 0 Å². The fourth-order valence-electron chi connectivity index (χ4n) is 1.98. The van der Waals surface area contributed by atoms with Gasteiger partial charge in [-0.05, 0) is 19.1 Å². The molecule has 1 aromatic rings. The molecule has 3 atom stereocenters. The highest BCUT2D eigenvalue weighted by Gasteiger charge is 2.34. The van der Waals surface area contributed by atoms with Gasteiger partial charge in [-0.2, -0.15) is 0 Å². The van der Waals surface area contributed by atoms with Crippen LogP contribution >= 0.6 is 0 Å². The Labute approximate surface area is 112 Å². The molecule has 2 rings (SSSR count). The normalized spacial score (nSPS) is 26.4. The molecule has 0 aromatic heterocycles. The molecule has 0 saturated carbocycles. The second-order valence-corrected chi connectivity index (χ2v) is 4.63. The standard InChI is InChI=1S/C14H18O5/c1-9-3-5-10(6-4-9)13(16)18-8-11-7-12(15)14(17-2)19-11/h3-6,11-12,14-15H,7-8H2,1-2H3/t11-,12+,14-/m1/s1. The Bertz CT molecular complexity index is 428. The molecule has 0 aliphatic carbocycles. The lowest BCUT2D eigenvalue weighted by Crippen LogP contribution is -2.22. The molecule has 104 valence electrons. The minimum absolute atomic E-state index is 0.115. The van der Waals surface area contributed by atoms with E-state index in [1.807, 2.05) is 19.1 Å². The molecule has 0 spiro atoms. The highest BCUT2D eigenvalue weighted by molar-refractivity contribution is 5.89. The molecule has 0 unspecified atom stereocenters. The van der Waals surface area contributed by atoms with E-state index in [4.69, 9.17) is 14.2 Å². The van der Waals surface area contributed by atoms with E-state index >= 15 is 0 Å². The second kappa shape index (κ2) is 6.14. The van der Waals surface area contributed by atoms with Gasteiger partial charge in [0.25, 0.3) is 0 Å². The average molecular weight is 266 g/mol. The van der Waals surface area contributed by atoms with E-state index in [1.165, 1.54) is 7.11 Å². The maximum Gasteiger partial charge on any atom is 0.338 e. The maximum atomic E-state index is 11.8. The van der Waals surface area contributed by atoms with E-state index < -0.39 is 12.4 Å². The first-order valence-corrected chi connectivity index (χ1v) is 6.20. The quantitative estimate of drug-likeness (QED) is 0.831. The van der Waals surface area contributed by atoms with Gasteiger partial charge in [0.1, 0.15) is 12.7 Å². The van der Waals surface area contributed by atoms with E-state index in [0.717, 1.165) is 5.56 Å². The second-order valence-electron chi connectivity index (χ2n) is 4.63. The molecule has 0 amide bonds. The van der Waals surface area contributed by atoms with Crippen LogP contribution in [0.2, 0.25) is 0 Å². The van der Waals surface area contributed by atoms with E-state index in [1.54, 1.807) is 12.1 Å². The molecule has 1 aliphatic rings. The van der Waals surface area contributed by atoms with Crippen molar-refractivity contribution in [1.29, 1.82) is 0 Å². The third kappa shape index (κ3) is 3.53. The summed E-state index contributed by atoms with van der Waals surface area (Å²) in [6.45, 7) is 2.07. The first-order valence-electron chi connectivity index (χ1n) is 6.20. The smallest absolute Gasteiger partial charge is 0.338 e. The lowest BCUT2D eigenvalue weighted by atomic mass is 10.1. The number of aryl methyl sites for hydroxylation is 1. The van der Waals surface area contributed by atoms with Gasteiger partial charge in [0.15, 0.2) is 6.29 Å². The fraction of sp³-hybridized carbons (Fsp3) is 0.500. The van der Waals surface area contributed by atoms with Gasteiger partial charge in [0.2, 0.25) is 0 Å². The van der Waals surface area contributed by atoms with Crippen molar-refractivity contribution in [3.63, 3.8) is 0 Å². The van der Waals surface area contributed by atoms with Crippen LogP contribution in [0.15, 0.2) is 24.3 Å². The zero-order chi connectivity index (χ0) is 13.8. The Morgan fingerprint density at radius 1 is 1.42 bits per heavy atom. The van der Waals surface area contributed by atoms with Crippen molar-refractivity contribution in [2.75, 3.05) is 13.7 Å². The molecule has 1 aromatic carbocycles. The molecule has 5 heteroatoms. The summed E-state index contributed by atoms with van der Waals surface area (Å²) in [7, 11) is 1.47. The molecule has 1 heterocycles. The summed E-state index contributed by atoms with van der Waals surface area (Å²) in [5, 5.41) is 9.58. The zero-order valence-corrected chi connectivity index (χ0v) is 11.0. The molecular formula is C14H18O5. The van der Waals surface area contributed by atoms with Gasteiger partial charge < -0.3 is 19.3 Å².